The van der Waals surface area contributed by atoms with Crippen LogP contribution in [0.2, 0.25) is 0 Å². The number of anilines is 3. The molecule has 0 radical (unpaired) electrons. The number of thioether (sulfide) groups is 1. The fourth-order valence-corrected chi connectivity index (χ4v) is 4.84. The molecule has 3 aromatic carbocycles. The van der Waals surface area contributed by atoms with E-state index < -0.39 is 0 Å². The quantitative estimate of drug-likeness (QED) is 0.208. The standard InChI is InChI=1S/C27H26N4O3S2/c1-3-34-22-13-9-19(10-14-22)24-17-35-27(30-24)31-25(32)18(2)36-23-15-11-21(12-16-23)29-26(33)28-20-7-5-4-6-8-20/h4-18H,3H2,1-2H3,(H2,28,29,33)(H,30,31,32). The van der Waals surface area contributed by atoms with Gasteiger partial charge in [0, 0.05) is 27.2 Å². The van der Waals surface area contributed by atoms with Gasteiger partial charge in [-0.2, -0.15) is 0 Å². The van der Waals surface area contributed by atoms with Crippen molar-refractivity contribution in [2.75, 3.05) is 22.6 Å². The van der Waals surface area contributed by atoms with Gasteiger partial charge in [0.15, 0.2) is 5.13 Å². The number of hydrogen-bond acceptors (Lipinski definition) is 6. The van der Waals surface area contributed by atoms with Gasteiger partial charge in [0.2, 0.25) is 5.91 Å². The molecule has 0 aliphatic carbocycles. The summed E-state index contributed by atoms with van der Waals surface area (Å²) in [6.07, 6.45) is 0. The lowest BCUT2D eigenvalue weighted by Crippen LogP contribution is -2.22. The first-order valence-electron chi connectivity index (χ1n) is 11.4. The fourth-order valence-electron chi connectivity index (χ4n) is 3.25. The first-order chi connectivity index (χ1) is 17.5. The van der Waals surface area contributed by atoms with Gasteiger partial charge in [-0.3, -0.25) is 4.79 Å². The molecule has 0 fully saturated rings. The molecule has 3 N–H and O–H groups in total. The summed E-state index contributed by atoms with van der Waals surface area (Å²) in [5.74, 6) is 0.687. The summed E-state index contributed by atoms with van der Waals surface area (Å²) in [6, 6.07) is 24.0. The van der Waals surface area contributed by atoms with Crippen molar-refractivity contribution in [3.8, 4) is 17.0 Å². The maximum Gasteiger partial charge on any atom is 0.323 e. The molecule has 0 spiro atoms. The highest BCUT2D eigenvalue weighted by atomic mass is 32.2. The summed E-state index contributed by atoms with van der Waals surface area (Å²) in [4.78, 5) is 30.3. The molecule has 1 heterocycles. The molecular formula is C27H26N4O3S2. The third-order valence-corrected chi connectivity index (χ3v) is 6.89. The van der Waals surface area contributed by atoms with Crippen molar-refractivity contribution in [3.05, 3.63) is 84.2 Å². The highest BCUT2D eigenvalue weighted by Crippen LogP contribution is 2.29. The number of amides is 3. The molecule has 4 rings (SSSR count). The van der Waals surface area contributed by atoms with Gasteiger partial charge >= 0.3 is 6.03 Å². The normalized spacial score (nSPS) is 11.4. The third-order valence-electron chi connectivity index (χ3n) is 5.02. The Balaban J connectivity index is 1.27. The second-order valence-corrected chi connectivity index (χ2v) is 9.99. The van der Waals surface area contributed by atoms with Gasteiger partial charge in [0.25, 0.3) is 0 Å². The van der Waals surface area contributed by atoms with Crippen LogP contribution in [0.1, 0.15) is 13.8 Å². The SMILES string of the molecule is CCOc1ccc(-c2csc(NC(=O)C(C)Sc3ccc(NC(=O)Nc4ccccc4)cc3)n2)cc1. The molecule has 0 aliphatic rings. The predicted molar refractivity (Wildman–Crippen MR) is 148 cm³/mol. The van der Waals surface area contributed by atoms with Crippen LogP contribution < -0.4 is 20.7 Å². The smallest absolute Gasteiger partial charge is 0.323 e. The Hall–Kier alpha value is -3.82. The average Bonchev–Trinajstić information content (AvgIpc) is 3.35. The monoisotopic (exact) mass is 518 g/mol. The van der Waals surface area contributed by atoms with Crippen LogP contribution in [-0.4, -0.2) is 28.8 Å². The molecular weight excluding hydrogens is 492 g/mol. The largest absolute Gasteiger partial charge is 0.494 e. The Labute approximate surface area is 218 Å². The highest BCUT2D eigenvalue weighted by molar-refractivity contribution is 8.00. The maximum atomic E-state index is 12.7. The minimum atomic E-state index is -0.331. The molecule has 9 heteroatoms. The van der Waals surface area contributed by atoms with Gasteiger partial charge in [-0.25, -0.2) is 9.78 Å². The minimum absolute atomic E-state index is 0.128. The molecule has 0 aliphatic heterocycles. The van der Waals surface area contributed by atoms with E-state index in [1.165, 1.54) is 23.1 Å². The summed E-state index contributed by atoms with van der Waals surface area (Å²) < 4.78 is 5.48. The first kappa shape index (κ1) is 25.3. The van der Waals surface area contributed by atoms with E-state index in [1.807, 2.05) is 98.1 Å². The summed E-state index contributed by atoms with van der Waals surface area (Å²) in [7, 11) is 0. The van der Waals surface area contributed by atoms with E-state index in [0.29, 0.717) is 23.1 Å². The number of urea groups is 1. The van der Waals surface area contributed by atoms with E-state index in [4.69, 9.17) is 4.74 Å². The zero-order valence-electron chi connectivity index (χ0n) is 19.9. The molecule has 0 bridgehead atoms. The maximum absolute atomic E-state index is 12.7. The van der Waals surface area contributed by atoms with Gasteiger partial charge in [0.05, 0.1) is 17.6 Å². The molecule has 1 atom stereocenters. The number of nitrogens with one attached hydrogen (secondary N) is 3. The molecule has 3 amide bonds. The summed E-state index contributed by atoms with van der Waals surface area (Å²) in [6.45, 7) is 4.42. The van der Waals surface area contributed by atoms with Crippen LogP contribution in [-0.2, 0) is 4.79 Å². The topological polar surface area (TPSA) is 92.4 Å². The Bertz CT molecular complexity index is 1290. The third kappa shape index (κ3) is 7.10. The first-order valence-corrected chi connectivity index (χ1v) is 13.2. The van der Waals surface area contributed by atoms with E-state index >= 15 is 0 Å². The second kappa shape index (κ2) is 12.2. The van der Waals surface area contributed by atoms with Crippen LogP contribution in [0.3, 0.4) is 0 Å². The number of benzene rings is 3. The summed E-state index contributed by atoms with van der Waals surface area (Å²) in [5, 5.41) is 10.6. The average molecular weight is 519 g/mol. The molecule has 0 saturated heterocycles. The molecule has 4 aromatic rings. The molecule has 36 heavy (non-hydrogen) atoms. The predicted octanol–water partition coefficient (Wildman–Crippen LogP) is 6.97. The lowest BCUT2D eigenvalue weighted by atomic mass is 10.2. The van der Waals surface area contributed by atoms with Crippen molar-refractivity contribution < 1.29 is 14.3 Å². The number of carbonyl (C=O) groups excluding carboxylic acids is 2. The van der Waals surface area contributed by atoms with E-state index in [2.05, 4.69) is 20.9 Å². The zero-order chi connectivity index (χ0) is 25.3. The van der Waals surface area contributed by atoms with Crippen molar-refractivity contribution in [2.24, 2.45) is 0 Å². The zero-order valence-corrected chi connectivity index (χ0v) is 21.5. The van der Waals surface area contributed by atoms with Gasteiger partial charge < -0.3 is 20.7 Å². The Morgan fingerprint density at radius 2 is 1.58 bits per heavy atom. The molecule has 184 valence electrons. The Morgan fingerprint density at radius 1 is 0.917 bits per heavy atom. The molecule has 1 unspecified atom stereocenters. The van der Waals surface area contributed by atoms with Crippen LogP contribution in [0.15, 0.2) is 89.1 Å². The number of ether oxygens (including phenoxy) is 1. The highest BCUT2D eigenvalue weighted by Gasteiger charge is 2.17. The van der Waals surface area contributed by atoms with Crippen LogP contribution in [0.4, 0.5) is 21.3 Å². The summed E-state index contributed by atoms with van der Waals surface area (Å²) in [5.41, 5.74) is 3.14. The van der Waals surface area contributed by atoms with Crippen LogP contribution in [0, 0.1) is 0 Å². The Morgan fingerprint density at radius 3 is 2.25 bits per heavy atom. The van der Waals surface area contributed by atoms with Crippen molar-refractivity contribution in [1.82, 2.24) is 4.98 Å². The van der Waals surface area contributed by atoms with Gasteiger partial charge in [-0.05, 0) is 74.5 Å². The lowest BCUT2D eigenvalue weighted by molar-refractivity contribution is -0.115. The molecule has 7 nitrogen and oxygen atoms in total. The van der Waals surface area contributed by atoms with E-state index in [9.17, 15) is 9.59 Å². The second-order valence-electron chi connectivity index (χ2n) is 7.71. The van der Waals surface area contributed by atoms with Crippen LogP contribution in [0.25, 0.3) is 11.3 Å². The molecule has 1 aromatic heterocycles. The number of carbonyl (C=O) groups is 2. The van der Waals surface area contributed by atoms with Gasteiger partial charge in [-0.1, -0.05) is 18.2 Å². The number of hydrogen-bond donors (Lipinski definition) is 3. The van der Waals surface area contributed by atoms with Gasteiger partial charge in [-0.15, -0.1) is 23.1 Å². The van der Waals surface area contributed by atoms with Crippen molar-refractivity contribution >= 4 is 51.5 Å². The number of nitrogens with zero attached hydrogens (tertiary/aromatic N) is 1. The Kier molecular flexibility index (Phi) is 8.59. The number of thiazole rings is 1. The van der Waals surface area contributed by atoms with Crippen molar-refractivity contribution in [1.29, 1.82) is 0 Å². The van der Waals surface area contributed by atoms with Gasteiger partial charge in [0.1, 0.15) is 5.75 Å². The van der Waals surface area contributed by atoms with Crippen molar-refractivity contribution in [2.45, 2.75) is 24.0 Å². The van der Waals surface area contributed by atoms with Crippen molar-refractivity contribution in [3.63, 3.8) is 0 Å². The number of para-hydroxylation sites is 1. The van der Waals surface area contributed by atoms with E-state index in [-0.39, 0.29) is 17.2 Å². The summed E-state index contributed by atoms with van der Waals surface area (Å²) >= 11 is 2.82. The minimum Gasteiger partial charge on any atom is -0.494 e. The van der Waals surface area contributed by atoms with E-state index in [0.717, 1.165) is 21.9 Å². The number of aromatic nitrogens is 1. The van der Waals surface area contributed by atoms with E-state index in [1.54, 1.807) is 0 Å². The molecule has 0 saturated carbocycles. The fraction of sp³-hybridized carbons (Fsp3) is 0.148. The van der Waals surface area contributed by atoms with Crippen LogP contribution >= 0.6 is 23.1 Å². The number of rotatable bonds is 9. The lowest BCUT2D eigenvalue weighted by Gasteiger charge is -2.11. The van der Waals surface area contributed by atoms with Crippen LogP contribution in [0.5, 0.6) is 5.75 Å².